The highest BCUT2D eigenvalue weighted by Gasteiger charge is 2.23. The molecule has 2 heterocycles. The molecule has 132 valence electrons. The minimum atomic E-state index is 0. The molecule has 1 aromatic heterocycles. The molecule has 0 radical (unpaired) electrons. The Morgan fingerprint density at radius 2 is 2.35 bits per heavy atom. The quantitative estimate of drug-likeness (QED) is 0.423. The maximum atomic E-state index is 5.56. The average Bonchev–Trinajstić information content (AvgIpc) is 3.05. The van der Waals surface area contributed by atoms with Gasteiger partial charge in [0.1, 0.15) is 5.76 Å². The Morgan fingerprint density at radius 3 is 2.91 bits per heavy atom. The van der Waals surface area contributed by atoms with E-state index >= 15 is 0 Å². The number of thioether (sulfide) groups is 1. The number of nitrogens with zero attached hydrogens (tertiary/aromatic N) is 3. The first-order valence-electron chi connectivity index (χ1n) is 7.92. The summed E-state index contributed by atoms with van der Waals surface area (Å²) in [4.78, 5) is 9.01. The summed E-state index contributed by atoms with van der Waals surface area (Å²) in [7, 11) is 6.01. The van der Waals surface area contributed by atoms with Gasteiger partial charge in [-0.3, -0.25) is 9.89 Å². The normalized spacial score (nSPS) is 20.3. The van der Waals surface area contributed by atoms with Crippen LogP contribution in [0.15, 0.2) is 27.8 Å². The lowest BCUT2D eigenvalue weighted by atomic mass is 10.2. The van der Waals surface area contributed by atoms with Crippen molar-refractivity contribution in [1.29, 1.82) is 0 Å². The first-order valence-corrected chi connectivity index (χ1v) is 8.97. The Labute approximate surface area is 161 Å². The lowest BCUT2D eigenvalue weighted by Crippen LogP contribution is -2.49. The zero-order chi connectivity index (χ0) is 15.9. The Bertz CT molecular complexity index is 467. The molecule has 0 aliphatic carbocycles. The number of halogens is 1. The van der Waals surface area contributed by atoms with Crippen molar-refractivity contribution in [2.75, 3.05) is 46.5 Å². The van der Waals surface area contributed by atoms with Crippen LogP contribution in [-0.2, 0) is 0 Å². The van der Waals surface area contributed by atoms with Crippen molar-refractivity contribution in [1.82, 2.24) is 15.1 Å². The van der Waals surface area contributed by atoms with Gasteiger partial charge in [-0.25, -0.2) is 0 Å². The first kappa shape index (κ1) is 20.6. The van der Waals surface area contributed by atoms with Gasteiger partial charge in [0, 0.05) is 37.7 Å². The zero-order valence-corrected chi connectivity index (χ0v) is 17.6. The number of nitrogens with one attached hydrogen (secondary N) is 1. The Morgan fingerprint density at radius 1 is 1.57 bits per heavy atom. The molecule has 1 aliphatic rings. The Hall–Kier alpha value is -0.410. The average molecular weight is 452 g/mol. The minimum Gasteiger partial charge on any atom is -0.468 e. The van der Waals surface area contributed by atoms with Gasteiger partial charge in [0.15, 0.2) is 5.96 Å². The summed E-state index contributed by atoms with van der Waals surface area (Å²) in [6, 6.07) is 4.17. The van der Waals surface area contributed by atoms with E-state index in [0.29, 0.717) is 5.25 Å². The van der Waals surface area contributed by atoms with Crippen LogP contribution in [0.1, 0.15) is 25.1 Å². The molecule has 1 aliphatic heterocycles. The number of guanidine groups is 1. The standard InChI is InChI=1S/C16H28N4OS.HI/c1-5-13-12-20(8-10-22-13)16(17-2)18-11-14(19(3)4)15-7-6-9-21-15;/h6-7,9,13-14H,5,8,10-12H2,1-4H3,(H,17,18);1H. The fourth-order valence-corrected chi connectivity index (χ4v) is 3.88. The van der Waals surface area contributed by atoms with Crippen LogP contribution in [0, 0.1) is 0 Å². The molecule has 2 rings (SSSR count). The molecule has 5 nitrogen and oxygen atoms in total. The van der Waals surface area contributed by atoms with E-state index in [-0.39, 0.29) is 30.0 Å². The van der Waals surface area contributed by atoms with Crippen LogP contribution < -0.4 is 5.32 Å². The van der Waals surface area contributed by atoms with Crippen molar-refractivity contribution < 1.29 is 4.42 Å². The van der Waals surface area contributed by atoms with E-state index in [0.717, 1.165) is 31.4 Å². The van der Waals surface area contributed by atoms with Crippen LogP contribution >= 0.6 is 35.7 Å². The number of likely N-dealkylation sites (N-methyl/N-ethyl adjacent to an activating group) is 1. The summed E-state index contributed by atoms with van der Waals surface area (Å²) < 4.78 is 5.56. The van der Waals surface area contributed by atoms with Crippen LogP contribution in [-0.4, -0.2) is 67.5 Å². The number of hydrogen-bond acceptors (Lipinski definition) is 4. The maximum absolute atomic E-state index is 5.56. The molecule has 1 fully saturated rings. The number of furan rings is 1. The second-order valence-electron chi connectivity index (χ2n) is 5.77. The lowest BCUT2D eigenvalue weighted by molar-refractivity contribution is 0.255. The van der Waals surface area contributed by atoms with Gasteiger partial charge in [0.2, 0.25) is 0 Å². The zero-order valence-electron chi connectivity index (χ0n) is 14.5. The first-order chi connectivity index (χ1) is 10.7. The van der Waals surface area contributed by atoms with Gasteiger partial charge in [-0.1, -0.05) is 6.92 Å². The van der Waals surface area contributed by atoms with Crippen LogP contribution in [0.5, 0.6) is 0 Å². The summed E-state index contributed by atoms with van der Waals surface area (Å²) in [5, 5.41) is 4.23. The highest BCUT2D eigenvalue weighted by atomic mass is 127. The van der Waals surface area contributed by atoms with Gasteiger partial charge in [-0.2, -0.15) is 11.8 Å². The second-order valence-corrected chi connectivity index (χ2v) is 7.18. The van der Waals surface area contributed by atoms with Crippen molar-refractivity contribution in [3.8, 4) is 0 Å². The highest BCUT2D eigenvalue weighted by molar-refractivity contribution is 14.0. The van der Waals surface area contributed by atoms with Crippen LogP contribution in [0.4, 0.5) is 0 Å². The molecule has 0 spiro atoms. The molecule has 1 N–H and O–H groups in total. The second kappa shape index (κ2) is 10.5. The summed E-state index contributed by atoms with van der Waals surface area (Å²) in [6.07, 6.45) is 2.94. The van der Waals surface area contributed by atoms with Gasteiger partial charge < -0.3 is 14.6 Å². The topological polar surface area (TPSA) is 44.0 Å². The summed E-state index contributed by atoms with van der Waals surface area (Å²) in [6.45, 7) is 5.19. The molecule has 0 amide bonds. The van der Waals surface area contributed by atoms with E-state index in [9.17, 15) is 0 Å². The molecule has 2 atom stereocenters. The number of rotatable bonds is 5. The van der Waals surface area contributed by atoms with Gasteiger partial charge in [0.05, 0.1) is 12.3 Å². The van der Waals surface area contributed by atoms with Gasteiger partial charge in [-0.15, -0.1) is 24.0 Å². The molecular weight excluding hydrogens is 423 g/mol. The van der Waals surface area contributed by atoms with Crippen molar-refractivity contribution in [2.45, 2.75) is 24.6 Å². The molecule has 2 unspecified atom stereocenters. The summed E-state index contributed by atoms with van der Waals surface area (Å²) in [5.41, 5.74) is 0. The van der Waals surface area contributed by atoms with Crippen molar-refractivity contribution in [2.24, 2.45) is 4.99 Å². The lowest BCUT2D eigenvalue weighted by Gasteiger charge is -2.35. The highest BCUT2D eigenvalue weighted by Crippen LogP contribution is 2.21. The Kier molecular flexibility index (Phi) is 9.38. The monoisotopic (exact) mass is 452 g/mol. The molecule has 0 bridgehead atoms. The SMILES string of the molecule is CCC1CN(C(=NC)NCC(c2ccco2)N(C)C)CCS1.I. The predicted octanol–water partition coefficient (Wildman–Crippen LogP) is 2.90. The number of aliphatic imine (C=N–C) groups is 1. The molecule has 1 aromatic rings. The van der Waals surface area contributed by atoms with E-state index < -0.39 is 0 Å². The van der Waals surface area contributed by atoms with Gasteiger partial charge >= 0.3 is 0 Å². The molecule has 7 heteroatoms. The smallest absolute Gasteiger partial charge is 0.193 e. The summed E-state index contributed by atoms with van der Waals surface area (Å²) >= 11 is 2.07. The van der Waals surface area contributed by atoms with E-state index in [1.165, 1.54) is 12.2 Å². The van der Waals surface area contributed by atoms with Crippen LogP contribution in [0.3, 0.4) is 0 Å². The third-order valence-electron chi connectivity index (χ3n) is 4.05. The van der Waals surface area contributed by atoms with Crippen LogP contribution in [0.2, 0.25) is 0 Å². The number of hydrogen-bond donors (Lipinski definition) is 1. The largest absolute Gasteiger partial charge is 0.468 e. The molecule has 0 saturated carbocycles. The van der Waals surface area contributed by atoms with Gasteiger partial charge in [-0.05, 0) is 32.6 Å². The van der Waals surface area contributed by atoms with Crippen molar-refractivity contribution in [3.05, 3.63) is 24.2 Å². The molecule has 0 aromatic carbocycles. The maximum Gasteiger partial charge on any atom is 0.193 e. The molecular formula is C16H29IN4OS. The summed E-state index contributed by atoms with van der Waals surface area (Å²) in [5.74, 6) is 3.15. The Balaban J connectivity index is 0.00000264. The van der Waals surface area contributed by atoms with Crippen molar-refractivity contribution in [3.63, 3.8) is 0 Å². The third kappa shape index (κ3) is 5.86. The van der Waals surface area contributed by atoms with E-state index in [4.69, 9.17) is 4.42 Å². The molecule has 1 saturated heterocycles. The van der Waals surface area contributed by atoms with Crippen LogP contribution in [0.25, 0.3) is 0 Å². The van der Waals surface area contributed by atoms with E-state index in [1.807, 2.05) is 19.2 Å². The minimum absolute atomic E-state index is 0. The fourth-order valence-electron chi connectivity index (χ4n) is 2.70. The van der Waals surface area contributed by atoms with E-state index in [2.05, 4.69) is 52.9 Å². The van der Waals surface area contributed by atoms with Gasteiger partial charge in [0.25, 0.3) is 0 Å². The predicted molar refractivity (Wildman–Crippen MR) is 110 cm³/mol. The molecule has 23 heavy (non-hydrogen) atoms. The third-order valence-corrected chi connectivity index (χ3v) is 5.43. The fraction of sp³-hybridized carbons (Fsp3) is 0.688. The van der Waals surface area contributed by atoms with Crippen molar-refractivity contribution >= 4 is 41.7 Å². The van der Waals surface area contributed by atoms with E-state index in [1.54, 1.807) is 6.26 Å².